The molecule has 15 heavy (non-hydrogen) atoms. The van der Waals surface area contributed by atoms with E-state index in [1.807, 2.05) is 0 Å². The van der Waals surface area contributed by atoms with Gasteiger partial charge in [0.1, 0.15) is 0 Å². The van der Waals surface area contributed by atoms with Crippen molar-refractivity contribution in [2.75, 3.05) is 11.1 Å². The number of sulfone groups is 1. The molecule has 6 heteroatoms. The lowest BCUT2D eigenvalue weighted by atomic mass is 10.4. The topological polar surface area (TPSA) is 34.1 Å². The van der Waals surface area contributed by atoms with Gasteiger partial charge in [0.25, 0.3) is 0 Å². The number of rotatable bonds is 4. The van der Waals surface area contributed by atoms with E-state index in [2.05, 4.69) is 15.9 Å². The lowest BCUT2D eigenvalue weighted by Crippen LogP contribution is -2.07. The van der Waals surface area contributed by atoms with Crippen molar-refractivity contribution in [3.8, 4) is 0 Å². The second kappa shape index (κ2) is 5.53. The summed E-state index contributed by atoms with van der Waals surface area (Å²) < 4.78 is 23.6. The van der Waals surface area contributed by atoms with E-state index >= 15 is 0 Å². The Hall–Kier alpha value is 0.230. The zero-order chi connectivity index (χ0) is 11.5. The summed E-state index contributed by atoms with van der Waals surface area (Å²) in [5.41, 5.74) is 0. The molecule has 2 nitrogen and oxygen atoms in total. The van der Waals surface area contributed by atoms with E-state index in [-0.39, 0.29) is 15.7 Å². The van der Waals surface area contributed by atoms with Gasteiger partial charge < -0.3 is 0 Å². The van der Waals surface area contributed by atoms with Crippen LogP contribution >= 0.6 is 39.1 Å². The maximum absolute atomic E-state index is 11.8. The largest absolute Gasteiger partial charge is 0.224 e. The van der Waals surface area contributed by atoms with Crippen LogP contribution in [0, 0.1) is 0 Å². The first-order valence-electron chi connectivity index (χ1n) is 4.21. The lowest BCUT2D eigenvalue weighted by Gasteiger charge is -2.05. The average Bonchev–Trinajstić information content (AvgIpc) is 2.18. The summed E-state index contributed by atoms with van der Waals surface area (Å²) in [6.07, 6.45) is 0.547. The summed E-state index contributed by atoms with van der Waals surface area (Å²) in [7, 11) is -3.32. The van der Waals surface area contributed by atoms with E-state index in [1.54, 1.807) is 6.07 Å². The van der Waals surface area contributed by atoms with Crippen LogP contribution in [0.5, 0.6) is 0 Å². The van der Waals surface area contributed by atoms with E-state index in [0.717, 1.165) is 0 Å². The highest BCUT2D eigenvalue weighted by atomic mass is 79.9. The van der Waals surface area contributed by atoms with E-state index in [0.29, 0.717) is 16.8 Å². The summed E-state index contributed by atoms with van der Waals surface area (Å²) in [6, 6.07) is 4.44. The minimum atomic E-state index is -3.32. The molecular formula is C9H9BrCl2O2S. The Kier molecular flexibility index (Phi) is 4.90. The van der Waals surface area contributed by atoms with Gasteiger partial charge in [-0.1, -0.05) is 39.1 Å². The van der Waals surface area contributed by atoms with Crippen molar-refractivity contribution < 1.29 is 8.42 Å². The fourth-order valence-electron chi connectivity index (χ4n) is 1.07. The third-order valence-corrected chi connectivity index (χ3v) is 4.85. The highest BCUT2D eigenvalue weighted by molar-refractivity contribution is 9.09. The molecule has 0 aromatic heterocycles. The first-order chi connectivity index (χ1) is 6.97. The number of hydrogen-bond acceptors (Lipinski definition) is 2. The van der Waals surface area contributed by atoms with Crippen LogP contribution in [0.2, 0.25) is 10.0 Å². The van der Waals surface area contributed by atoms with Gasteiger partial charge in [-0.25, -0.2) is 8.42 Å². The fourth-order valence-corrected chi connectivity index (χ4v) is 3.84. The number of benzene rings is 1. The lowest BCUT2D eigenvalue weighted by molar-refractivity contribution is 0.595. The zero-order valence-electron chi connectivity index (χ0n) is 7.71. The molecule has 1 aromatic carbocycles. The molecule has 1 rings (SSSR count). The Morgan fingerprint density at radius 1 is 1.27 bits per heavy atom. The quantitative estimate of drug-likeness (QED) is 0.791. The van der Waals surface area contributed by atoms with Crippen molar-refractivity contribution in [1.82, 2.24) is 0 Å². The zero-order valence-corrected chi connectivity index (χ0v) is 11.6. The Labute approximate surface area is 108 Å². The van der Waals surface area contributed by atoms with Gasteiger partial charge >= 0.3 is 0 Å². The van der Waals surface area contributed by atoms with Crippen molar-refractivity contribution in [3.63, 3.8) is 0 Å². The first-order valence-corrected chi connectivity index (χ1v) is 7.74. The smallest absolute Gasteiger partial charge is 0.179 e. The molecule has 0 heterocycles. The molecule has 0 radical (unpaired) electrons. The summed E-state index contributed by atoms with van der Waals surface area (Å²) in [5.74, 6) is 0.0678. The molecule has 0 amide bonds. The average molecular weight is 332 g/mol. The third-order valence-electron chi connectivity index (χ3n) is 1.78. The molecule has 1 aromatic rings. The Morgan fingerprint density at radius 2 is 1.93 bits per heavy atom. The first kappa shape index (κ1) is 13.3. The molecule has 0 unspecified atom stereocenters. The van der Waals surface area contributed by atoms with Gasteiger partial charge in [0.2, 0.25) is 0 Å². The summed E-state index contributed by atoms with van der Waals surface area (Å²) >= 11 is 14.7. The van der Waals surface area contributed by atoms with E-state index in [9.17, 15) is 8.42 Å². The molecule has 0 aliphatic carbocycles. The second-order valence-corrected chi connectivity index (χ2v) is 6.65. The minimum absolute atomic E-state index is 0.0678. The van der Waals surface area contributed by atoms with E-state index in [1.165, 1.54) is 12.1 Å². The van der Waals surface area contributed by atoms with Crippen LogP contribution in [0.1, 0.15) is 6.42 Å². The highest BCUT2D eigenvalue weighted by Gasteiger charge is 2.17. The van der Waals surface area contributed by atoms with Crippen molar-refractivity contribution in [2.24, 2.45) is 0 Å². The maximum Gasteiger partial charge on any atom is 0.179 e. The molecule has 0 aliphatic heterocycles. The summed E-state index contributed by atoms with van der Waals surface area (Å²) in [4.78, 5) is 0.109. The molecule has 0 spiro atoms. The van der Waals surface area contributed by atoms with Crippen molar-refractivity contribution in [1.29, 1.82) is 0 Å². The minimum Gasteiger partial charge on any atom is -0.224 e. The van der Waals surface area contributed by atoms with Crippen LogP contribution in [0.25, 0.3) is 0 Å². The molecule has 84 valence electrons. The highest BCUT2D eigenvalue weighted by Crippen LogP contribution is 2.26. The second-order valence-electron chi connectivity index (χ2n) is 2.94. The van der Waals surface area contributed by atoms with Gasteiger partial charge in [0.05, 0.1) is 15.7 Å². The number of halogens is 3. The molecule has 0 saturated heterocycles. The van der Waals surface area contributed by atoms with E-state index < -0.39 is 9.84 Å². The van der Waals surface area contributed by atoms with Crippen LogP contribution < -0.4 is 0 Å². The van der Waals surface area contributed by atoms with E-state index in [4.69, 9.17) is 23.2 Å². The predicted octanol–water partition coefficient (Wildman–Crippen LogP) is 3.55. The molecule has 0 bridgehead atoms. The Morgan fingerprint density at radius 3 is 2.53 bits per heavy atom. The molecule has 0 N–H and O–H groups in total. The molecule has 0 saturated carbocycles. The molecular weight excluding hydrogens is 323 g/mol. The monoisotopic (exact) mass is 330 g/mol. The third kappa shape index (κ3) is 3.63. The van der Waals surface area contributed by atoms with Gasteiger partial charge in [-0.05, 0) is 24.6 Å². The van der Waals surface area contributed by atoms with Gasteiger partial charge in [0.15, 0.2) is 9.84 Å². The van der Waals surface area contributed by atoms with Crippen molar-refractivity contribution in [2.45, 2.75) is 11.3 Å². The van der Waals surface area contributed by atoms with Crippen LogP contribution in [0.4, 0.5) is 0 Å². The fraction of sp³-hybridized carbons (Fsp3) is 0.333. The van der Waals surface area contributed by atoms with Crippen molar-refractivity contribution in [3.05, 3.63) is 28.2 Å². The molecule has 0 atom stereocenters. The van der Waals surface area contributed by atoms with Gasteiger partial charge in [-0.15, -0.1) is 0 Å². The number of hydrogen-bond donors (Lipinski definition) is 0. The van der Waals surface area contributed by atoms with Crippen LogP contribution in [0.15, 0.2) is 23.1 Å². The Bertz CT molecular complexity index is 445. The number of alkyl halides is 1. The Balaban J connectivity index is 3.09. The van der Waals surface area contributed by atoms with Gasteiger partial charge in [-0.3, -0.25) is 0 Å². The normalized spacial score (nSPS) is 11.7. The predicted molar refractivity (Wildman–Crippen MR) is 66.9 cm³/mol. The van der Waals surface area contributed by atoms with Crippen LogP contribution in [-0.4, -0.2) is 19.5 Å². The van der Waals surface area contributed by atoms with Crippen molar-refractivity contribution >= 4 is 49.0 Å². The standard InChI is InChI=1S/C9H9BrCl2O2S/c10-4-1-5-15(13,14)9-6-7(11)2-3-8(9)12/h2-3,6H,1,4-5H2. The van der Waals surface area contributed by atoms with Gasteiger partial charge in [-0.2, -0.15) is 0 Å². The summed E-state index contributed by atoms with van der Waals surface area (Å²) in [5, 5.41) is 1.23. The van der Waals surface area contributed by atoms with Crippen LogP contribution in [0.3, 0.4) is 0 Å². The maximum atomic E-state index is 11.8. The SMILES string of the molecule is O=S(=O)(CCCBr)c1cc(Cl)ccc1Cl. The van der Waals surface area contributed by atoms with Gasteiger partial charge in [0, 0.05) is 10.4 Å². The molecule has 0 fully saturated rings. The van der Waals surface area contributed by atoms with Crippen LogP contribution in [-0.2, 0) is 9.84 Å². The molecule has 0 aliphatic rings. The summed E-state index contributed by atoms with van der Waals surface area (Å²) in [6.45, 7) is 0.